The fourth-order valence-corrected chi connectivity index (χ4v) is 4.02. The van der Waals surface area contributed by atoms with Gasteiger partial charge in [0.2, 0.25) is 11.8 Å². The predicted octanol–water partition coefficient (Wildman–Crippen LogP) is 4.43. The molecule has 1 saturated carbocycles. The number of urea groups is 1. The average molecular weight is 423 g/mol. The molecule has 2 aliphatic rings. The van der Waals surface area contributed by atoms with Crippen LogP contribution in [0.1, 0.15) is 42.4 Å². The van der Waals surface area contributed by atoms with Crippen LogP contribution in [-0.4, -0.2) is 41.0 Å². The van der Waals surface area contributed by atoms with Crippen LogP contribution in [0, 0.1) is 26.7 Å². The summed E-state index contributed by atoms with van der Waals surface area (Å²) in [5, 5.41) is 5.95. The van der Waals surface area contributed by atoms with Crippen molar-refractivity contribution in [3.8, 4) is 5.88 Å². The van der Waals surface area contributed by atoms with Gasteiger partial charge in [-0.1, -0.05) is 17.7 Å². The number of amides is 3. The molecule has 0 atom stereocenters. The van der Waals surface area contributed by atoms with Crippen molar-refractivity contribution in [1.29, 1.82) is 0 Å². The van der Waals surface area contributed by atoms with Crippen LogP contribution in [0.15, 0.2) is 30.5 Å². The number of ether oxygens (including phenoxy) is 1. The van der Waals surface area contributed by atoms with Gasteiger partial charge in [-0.3, -0.25) is 4.79 Å². The number of nitrogens with zero attached hydrogens (tertiary/aromatic N) is 2. The van der Waals surface area contributed by atoms with E-state index in [9.17, 15) is 9.59 Å². The molecule has 0 unspecified atom stereocenters. The van der Waals surface area contributed by atoms with Gasteiger partial charge in [0.05, 0.1) is 11.9 Å². The van der Waals surface area contributed by atoms with Gasteiger partial charge in [0, 0.05) is 43.6 Å². The maximum Gasteiger partial charge on any atom is 0.321 e. The zero-order valence-electron chi connectivity index (χ0n) is 18.4. The first kappa shape index (κ1) is 21.2. The first-order valence-electron chi connectivity index (χ1n) is 11.0. The highest BCUT2D eigenvalue weighted by Gasteiger charge is 2.29. The summed E-state index contributed by atoms with van der Waals surface area (Å²) in [4.78, 5) is 30.7. The monoisotopic (exact) mass is 422 g/mol. The molecule has 0 radical (unpaired) electrons. The highest BCUT2D eigenvalue weighted by atomic mass is 16.5. The first-order chi connectivity index (χ1) is 14.9. The molecule has 31 heavy (non-hydrogen) atoms. The Morgan fingerprint density at radius 1 is 1.00 bits per heavy atom. The fraction of sp³-hybridized carbons (Fsp3) is 0.458. The van der Waals surface area contributed by atoms with Gasteiger partial charge in [-0.2, -0.15) is 0 Å². The van der Waals surface area contributed by atoms with Gasteiger partial charge in [-0.15, -0.1) is 0 Å². The number of hydrogen-bond donors (Lipinski definition) is 2. The van der Waals surface area contributed by atoms with Gasteiger partial charge in [0.1, 0.15) is 6.10 Å². The van der Waals surface area contributed by atoms with E-state index < -0.39 is 0 Å². The van der Waals surface area contributed by atoms with E-state index in [0.717, 1.165) is 42.5 Å². The number of aromatic nitrogens is 1. The Kier molecular flexibility index (Phi) is 6.11. The maximum atomic E-state index is 12.7. The van der Waals surface area contributed by atoms with Crippen LogP contribution < -0.4 is 15.4 Å². The molecule has 0 bridgehead atoms. The fourth-order valence-electron chi connectivity index (χ4n) is 4.02. The molecule has 2 heterocycles. The van der Waals surface area contributed by atoms with Gasteiger partial charge in [0.25, 0.3) is 0 Å². The van der Waals surface area contributed by atoms with Gasteiger partial charge >= 0.3 is 6.03 Å². The SMILES string of the molecule is Cc1cc(C)c(NC(=O)N2CCC(Oc3ccc(NC(=O)C4CC4)cn3)CC2)c(C)c1. The number of benzene rings is 1. The number of nitrogens with one attached hydrogen (secondary N) is 2. The van der Waals surface area contributed by atoms with E-state index in [2.05, 4.69) is 34.7 Å². The molecular weight excluding hydrogens is 392 g/mol. The smallest absolute Gasteiger partial charge is 0.321 e. The Morgan fingerprint density at radius 3 is 2.26 bits per heavy atom. The Morgan fingerprint density at radius 2 is 1.68 bits per heavy atom. The molecule has 1 aliphatic carbocycles. The van der Waals surface area contributed by atoms with E-state index in [-0.39, 0.29) is 24.0 Å². The lowest BCUT2D eigenvalue weighted by molar-refractivity contribution is -0.117. The molecule has 1 aliphatic heterocycles. The molecule has 7 nitrogen and oxygen atoms in total. The number of aryl methyl sites for hydroxylation is 3. The summed E-state index contributed by atoms with van der Waals surface area (Å²) >= 11 is 0. The third-order valence-electron chi connectivity index (χ3n) is 5.88. The summed E-state index contributed by atoms with van der Waals surface area (Å²) < 4.78 is 5.99. The van der Waals surface area contributed by atoms with Gasteiger partial charge in [-0.25, -0.2) is 9.78 Å². The second-order valence-electron chi connectivity index (χ2n) is 8.66. The molecule has 3 amide bonds. The summed E-state index contributed by atoms with van der Waals surface area (Å²) in [6.45, 7) is 7.37. The molecule has 2 aromatic rings. The molecule has 7 heteroatoms. The van der Waals surface area contributed by atoms with Gasteiger partial charge in [0.15, 0.2) is 0 Å². The lowest BCUT2D eigenvalue weighted by atomic mass is 10.1. The standard InChI is InChI=1S/C24H30N4O3/c1-15-12-16(2)22(17(3)13-15)27-24(30)28-10-8-20(9-11-28)31-21-7-6-19(14-25-21)26-23(29)18-4-5-18/h6-7,12-14,18,20H,4-5,8-11H2,1-3H3,(H,26,29)(H,27,30). The normalized spacial score (nSPS) is 16.7. The van der Waals surface area contributed by atoms with E-state index in [0.29, 0.717) is 24.7 Å². The number of piperidine rings is 1. The molecule has 164 valence electrons. The van der Waals surface area contributed by atoms with Crippen LogP contribution in [0.4, 0.5) is 16.2 Å². The van der Waals surface area contributed by atoms with Gasteiger partial charge < -0.3 is 20.3 Å². The molecule has 2 fully saturated rings. The molecule has 0 spiro atoms. The second-order valence-corrected chi connectivity index (χ2v) is 8.66. The van der Waals surface area contributed by atoms with E-state index in [1.807, 2.05) is 24.8 Å². The minimum atomic E-state index is -0.0672. The number of rotatable bonds is 5. The maximum absolute atomic E-state index is 12.7. The van der Waals surface area contributed by atoms with E-state index in [4.69, 9.17) is 4.74 Å². The van der Waals surface area contributed by atoms with Crippen LogP contribution in [0.3, 0.4) is 0 Å². The van der Waals surface area contributed by atoms with Crippen molar-refractivity contribution in [2.24, 2.45) is 5.92 Å². The Balaban J connectivity index is 1.26. The summed E-state index contributed by atoms with van der Waals surface area (Å²) in [5.74, 6) is 0.771. The molecule has 2 N–H and O–H groups in total. The zero-order chi connectivity index (χ0) is 22.0. The zero-order valence-corrected chi connectivity index (χ0v) is 18.4. The van der Waals surface area contributed by atoms with Crippen molar-refractivity contribution in [3.63, 3.8) is 0 Å². The Labute approximate surface area is 183 Å². The molecule has 1 saturated heterocycles. The number of hydrogen-bond acceptors (Lipinski definition) is 4. The number of carbonyl (C=O) groups excluding carboxylic acids is 2. The molecule has 1 aromatic heterocycles. The summed E-state index contributed by atoms with van der Waals surface area (Å²) in [6.07, 6.45) is 5.10. The minimum Gasteiger partial charge on any atom is -0.474 e. The molecule has 1 aromatic carbocycles. The second kappa shape index (κ2) is 8.96. The van der Waals surface area contributed by atoms with Gasteiger partial charge in [-0.05, 0) is 50.8 Å². The largest absolute Gasteiger partial charge is 0.474 e. The Hall–Kier alpha value is -3.09. The number of likely N-dealkylation sites (tertiary alicyclic amines) is 1. The van der Waals surface area contributed by atoms with Crippen molar-refractivity contribution >= 4 is 23.3 Å². The van der Waals surface area contributed by atoms with Crippen LogP contribution >= 0.6 is 0 Å². The van der Waals surface area contributed by atoms with Crippen molar-refractivity contribution in [1.82, 2.24) is 9.88 Å². The summed E-state index contributed by atoms with van der Waals surface area (Å²) in [7, 11) is 0. The molecule has 4 rings (SSSR count). The minimum absolute atomic E-state index is 0.0197. The van der Waals surface area contributed by atoms with Crippen LogP contribution in [0.2, 0.25) is 0 Å². The van der Waals surface area contributed by atoms with Crippen LogP contribution in [-0.2, 0) is 4.79 Å². The van der Waals surface area contributed by atoms with Crippen molar-refractivity contribution < 1.29 is 14.3 Å². The highest BCUT2D eigenvalue weighted by Crippen LogP contribution is 2.30. The van der Waals surface area contributed by atoms with Crippen LogP contribution in [0.25, 0.3) is 0 Å². The number of anilines is 2. The van der Waals surface area contributed by atoms with E-state index in [1.54, 1.807) is 12.3 Å². The third-order valence-corrected chi connectivity index (χ3v) is 5.88. The highest BCUT2D eigenvalue weighted by molar-refractivity contribution is 5.94. The first-order valence-corrected chi connectivity index (χ1v) is 11.0. The lowest BCUT2D eigenvalue weighted by Gasteiger charge is -2.32. The quantitative estimate of drug-likeness (QED) is 0.747. The topological polar surface area (TPSA) is 83.6 Å². The molecular formula is C24H30N4O3. The third kappa shape index (κ3) is 5.34. The van der Waals surface area contributed by atoms with Crippen LogP contribution in [0.5, 0.6) is 5.88 Å². The Bertz CT molecular complexity index is 938. The van der Waals surface area contributed by atoms with E-state index >= 15 is 0 Å². The average Bonchev–Trinajstić information content (AvgIpc) is 3.58. The van der Waals surface area contributed by atoms with E-state index in [1.165, 1.54) is 5.56 Å². The number of carbonyl (C=O) groups is 2. The summed E-state index contributed by atoms with van der Waals surface area (Å²) in [6, 6.07) is 7.70. The van der Waals surface area contributed by atoms with Crippen molar-refractivity contribution in [2.45, 2.75) is 52.6 Å². The summed E-state index contributed by atoms with van der Waals surface area (Å²) in [5.41, 5.74) is 4.93. The van der Waals surface area contributed by atoms with Crippen molar-refractivity contribution in [3.05, 3.63) is 47.2 Å². The predicted molar refractivity (Wildman–Crippen MR) is 120 cm³/mol. The van der Waals surface area contributed by atoms with Crippen molar-refractivity contribution in [2.75, 3.05) is 23.7 Å². The lowest BCUT2D eigenvalue weighted by Crippen LogP contribution is -2.44. The number of pyridine rings is 1.